The third kappa shape index (κ3) is 15.3. The van der Waals surface area contributed by atoms with Gasteiger partial charge >= 0.3 is 23.1 Å². The molecule has 0 rings (SSSR count). The minimum atomic E-state index is 0. The van der Waals surface area contributed by atoms with E-state index in [1.54, 1.807) is 0 Å². The fourth-order valence-electron chi connectivity index (χ4n) is 0.867. The summed E-state index contributed by atoms with van der Waals surface area (Å²) in [7, 11) is 0. The third-order valence-corrected chi connectivity index (χ3v) is 1.88. The molecule has 0 aliphatic heterocycles. The summed E-state index contributed by atoms with van der Waals surface area (Å²) in [6.45, 7) is 2.21. The number of hydrogen-bond donors (Lipinski definition) is 0. The van der Waals surface area contributed by atoms with Crippen molar-refractivity contribution in [2.45, 2.75) is 39.0 Å². The Morgan fingerprint density at radius 2 is 1.62 bits per heavy atom. The first kappa shape index (κ1) is 16.0. The maximum Gasteiger partial charge on any atom is 2.00 e. The molecule has 0 aromatic carbocycles. The van der Waals surface area contributed by atoms with Gasteiger partial charge in [-0.1, -0.05) is 44.1 Å². The van der Waals surface area contributed by atoms with Crippen molar-refractivity contribution < 1.29 is 2.85 Å². The van der Waals surface area contributed by atoms with Gasteiger partial charge in [0.2, 0.25) is 0 Å². The molecule has 0 saturated heterocycles. The topological polar surface area (TPSA) is 0 Å². The molecule has 0 aliphatic rings. The van der Waals surface area contributed by atoms with Crippen molar-refractivity contribution in [1.29, 1.82) is 0 Å². The second-order valence-electron chi connectivity index (χ2n) is 2.83. The van der Waals surface area contributed by atoms with Crippen LogP contribution in [0.3, 0.4) is 0 Å². The fourth-order valence-corrected chi connectivity index (χ4v) is 1.02. The molecule has 0 aromatic heterocycles. The zero-order valence-electron chi connectivity index (χ0n) is 10.6. The van der Waals surface area contributed by atoms with E-state index < -0.39 is 0 Å². The Labute approximate surface area is 107 Å². The third-order valence-electron chi connectivity index (χ3n) is 1.61. The van der Waals surface area contributed by atoms with Crippen LogP contribution in [0.25, 0.3) is 0 Å². The molecule has 0 heterocycles. The van der Waals surface area contributed by atoms with Gasteiger partial charge in [0.15, 0.2) is 0 Å². The molecule has 0 aliphatic carbocycles. The van der Waals surface area contributed by atoms with Crippen LogP contribution in [0.5, 0.6) is 0 Å². The van der Waals surface area contributed by atoms with Crippen LogP contribution in [0.1, 0.15) is 41.9 Å². The standard InChI is InChI=1S/C11H19Cl.Mg.2H/c1-2-3-4-5-6-7-8-9-10-11-12;;;/h5-8H,2-4,9-11H2,1H3;;;/q;+2;2*-1/b6-5-,8-7+;;;. The molecule has 0 unspecified atom stereocenters. The molecule has 0 N–H and O–H groups in total. The van der Waals surface area contributed by atoms with Crippen molar-refractivity contribution in [1.82, 2.24) is 0 Å². The molecule has 0 saturated carbocycles. The van der Waals surface area contributed by atoms with Crippen molar-refractivity contribution in [2.75, 3.05) is 5.88 Å². The molecule has 0 amide bonds. The number of allylic oxidation sites excluding steroid dienone is 4. The normalized spacial score (nSPS) is 10.9. The van der Waals surface area contributed by atoms with Crippen LogP contribution in [-0.2, 0) is 0 Å². The van der Waals surface area contributed by atoms with Crippen molar-refractivity contribution in [3.05, 3.63) is 24.3 Å². The Balaban J connectivity index is -0.000000202. The van der Waals surface area contributed by atoms with Gasteiger partial charge in [-0.25, -0.2) is 0 Å². The van der Waals surface area contributed by atoms with Gasteiger partial charge in [-0.3, -0.25) is 0 Å². The summed E-state index contributed by atoms with van der Waals surface area (Å²) in [5.74, 6) is 0.768. The van der Waals surface area contributed by atoms with Gasteiger partial charge in [-0.15, -0.1) is 11.6 Å². The maximum absolute atomic E-state index is 5.53. The minimum absolute atomic E-state index is 0. The van der Waals surface area contributed by atoms with Gasteiger partial charge in [0.25, 0.3) is 0 Å². The van der Waals surface area contributed by atoms with Crippen LogP contribution in [0, 0.1) is 0 Å². The van der Waals surface area contributed by atoms with Crippen molar-refractivity contribution >= 4 is 34.7 Å². The van der Waals surface area contributed by atoms with Gasteiger partial charge in [0.05, 0.1) is 0 Å². The van der Waals surface area contributed by atoms with E-state index in [9.17, 15) is 0 Å². The van der Waals surface area contributed by atoms with Crippen LogP contribution in [0.2, 0.25) is 0 Å². The Morgan fingerprint density at radius 1 is 1.08 bits per heavy atom. The summed E-state index contributed by atoms with van der Waals surface area (Å²) >= 11 is 5.53. The molecule has 0 bridgehead atoms. The summed E-state index contributed by atoms with van der Waals surface area (Å²) in [5, 5.41) is 0. The van der Waals surface area contributed by atoms with Gasteiger partial charge in [-0.05, 0) is 19.3 Å². The summed E-state index contributed by atoms with van der Waals surface area (Å²) in [4.78, 5) is 0. The van der Waals surface area contributed by atoms with Crippen LogP contribution < -0.4 is 0 Å². The molecule has 0 radical (unpaired) electrons. The van der Waals surface area contributed by atoms with Gasteiger partial charge in [-0.2, -0.15) is 0 Å². The van der Waals surface area contributed by atoms with Crippen LogP contribution in [0.15, 0.2) is 24.3 Å². The molecule has 74 valence electrons. The quantitative estimate of drug-likeness (QED) is 0.258. The van der Waals surface area contributed by atoms with Crippen LogP contribution in [0.4, 0.5) is 0 Å². The molecule has 2 heteroatoms. The molecule has 0 atom stereocenters. The zero-order chi connectivity index (χ0) is 9.07. The largest absolute Gasteiger partial charge is 2.00 e. The minimum Gasteiger partial charge on any atom is -1.00 e. The number of unbranched alkanes of at least 4 members (excludes halogenated alkanes) is 3. The zero-order valence-corrected chi connectivity index (χ0v) is 10.8. The van der Waals surface area contributed by atoms with Gasteiger partial charge in [0.1, 0.15) is 0 Å². The molecule has 0 nitrogen and oxygen atoms in total. The predicted octanol–water partition coefficient (Wildman–Crippen LogP) is 4.15. The second kappa shape index (κ2) is 15.0. The molecular weight excluding hydrogens is 192 g/mol. The first-order valence-electron chi connectivity index (χ1n) is 4.79. The molecule has 0 fully saturated rings. The Kier molecular flexibility index (Phi) is 18.5. The van der Waals surface area contributed by atoms with Crippen molar-refractivity contribution in [2.24, 2.45) is 0 Å². The first-order valence-corrected chi connectivity index (χ1v) is 5.33. The van der Waals surface area contributed by atoms with E-state index >= 15 is 0 Å². The average Bonchev–Trinajstić information content (AvgIpc) is 2.10. The van der Waals surface area contributed by atoms with E-state index in [4.69, 9.17) is 11.6 Å². The van der Waals surface area contributed by atoms with Gasteiger partial charge < -0.3 is 2.85 Å². The Hall–Kier alpha value is 0.536. The fraction of sp³-hybridized carbons (Fsp3) is 0.636. The summed E-state index contributed by atoms with van der Waals surface area (Å²) in [5.41, 5.74) is 0. The van der Waals surface area contributed by atoms with Crippen molar-refractivity contribution in [3.63, 3.8) is 0 Å². The second-order valence-corrected chi connectivity index (χ2v) is 3.21. The van der Waals surface area contributed by atoms with Crippen LogP contribution >= 0.6 is 11.6 Å². The molecular formula is C11H21ClMg. The van der Waals surface area contributed by atoms with E-state index in [0.717, 1.165) is 18.7 Å². The van der Waals surface area contributed by atoms with Crippen molar-refractivity contribution in [3.8, 4) is 0 Å². The molecule has 0 spiro atoms. The summed E-state index contributed by atoms with van der Waals surface area (Å²) in [6.07, 6.45) is 14.6. The smallest absolute Gasteiger partial charge is 1.00 e. The SMILES string of the molecule is CCCC/C=C\C=C\CCCCl.[H-].[H-].[Mg+2]. The Morgan fingerprint density at radius 3 is 2.08 bits per heavy atom. The molecule has 13 heavy (non-hydrogen) atoms. The van der Waals surface area contributed by atoms with Gasteiger partial charge in [0, 0.05) is 5.88 Å². The van der Waals surface area contributed by atoms with E-state index in [1.807, 2.05) is 0 Å². The maximum atomic E-state index is 5.53. The summed E-state index contributed by atoms with van der Waals surface area (Å²) in [6, 6.07) is 0. The van der Waals surface area contributed by atoms with E-state index in [1.165, 1.54) is 19.3 Å². The number of halogens is 1. The summed E-state index contributed by atoms with van der Waals surface area (Å²) < 4.78 is 0. The molecule has 0 aromatic rings. The Bertz CT molecular complexity index is 123. The number of alkyl halides is 1. The predicted molar refractivity (Wildman–Crippen MR) is 65.7 cm³/mol. The van der Waals surface area contributed by atoms with E-state index in [2.05, 4.69) is 31.2 Å². The van der Waals surface area contributed by atoms with E-state index in [0.29, 0.717) is 0 Å². The number of rotatable bonds is 7. The first-order chi connectivity index (χ1) is 5.91. The van der Waals surface area contributed by atoms with Crippen LogP contribution in [-0.4, -0.2) is 28.9 Å². The monoisotopic (exact) mass is 212 g/mol. The van der Waals surface area contributed by atoms with E-state index in [-0.39, 0.29) is 25.9 Å². The average molecular weight is 213 g/mol. The number of hydrogen-bond acceptors (Lipinski definition) is 0.